The average Bonchev–Trinajstić information content (AvgIpc) is 2.76. The van der Waals surface area contributed by atoms with Crippen molar-refractivity contribution in [1.82, 2.24) is 14.8 Å². The van der Waals surface area contributed by atoms with Gasteiger partial charge >= 0.3 is 0 Å². The Morgan fingerprint density at radius 2 is 2.11 bits per heavy atom. The number of hydrogen-bond acceptors (Lipinski definition) is 3. The maximum absolute atomic E-state index is 13.5. The molecule has 1 N–H and O–H groups in total. The van der Waals surface area contributed by atoms with Crippen molar-refractivity contribution in [1.29, 1.82) is 0 Å². The summed E-state index contributed by atoms with van der Waals surface area (Å²) in [6, 6.07) is 4.62. The molecule has 2 rings (SSSR count). The number of aromatic nitrogens is 3. The molecule has 0 aliphatic carbocycles. The van der Waals surface area contributed by atoms with Crippen LogP contribution in [0.25, 0.3) is 11.4 Å². The van der Waals surface area contributed by atoms with Crippen LogP contribution in [-0.4, -0.2) is 21.3 Å². The Labute approximate surface area is 110 Å². The fourth-order valence-electron chi connectivity index (χ4n) is 1.74. The molecule has 0 unspecified atom stereocenters. The van der Waals surface area contributed by atoms with Crippen molar-refractivity contribution < 1.29 is 4.39 Å². The Balaban J connectivity index is 2.46. The van der Waals surface area contributed by atoms with E-state index in [0.29, 0.717) is 23.9 Å². The Kier molecular flexibility index (Phi) is 3.81. The first-order valence-electron chi connectivity index (χ1n) is 5.79. The van der Waals surface area contributed by atoms with E-state index >= 15 is 0 Å². The second-order valence-corrected chi connectivity index (χ2v) is 4.16. The van der Waals surface area contributed by atoms with Crippen LogP contribution >= 0.6 is 11.6 Å². The summed E-state index contributed by atoms with van der Waals surface area (Å²) in [5.74, 6) is 0.860. The maximum atomic E-state index is 13.5. The molecule has 0 aliphatic heterocycles. The standard InChI is InChI=1S/C12H14ClFN4/c1-3-15-12-17-16-11(18(12)4-2)8-5-6-9(13)10(14)7-8/h5-7H,3-4H2,1-2H3,(H,15,17). The van der Waals surface area contributed by atoms with Crippen molar-refractivity contribution in [2.75, 3.05) is 11.9 Å². The molecule has 0 spiro atoms. The molecule has 1 heterocycles. The van der Waals surface area contributed by atoms with Crippen LogP contribution in [0.15, 0.2) is 18.2 Å². The first-order valence-corrected chi connectivity index (χ1v) is 6.17. The van der Waals surface area contributed by atoms with Crippen LogP contribution in [0, 0.1) is 5.82 Å². The molecule has 2 aromatic rings. The number of anilines is 1. The second-order valence-electron chi connectivity index (χ2n) is 3.75. The lowest BCUT2D eigenvalue weighted by molar-refractivity contribution is 0.628. The minimum Gasteiger partial charge on any atom is -0.355 e. The molecule has 0 saturated carbocycles. The van der Waals surface area contributed by atoms with Gasteiger partial charge in [-0.15, -0.1) is 10.2 Å². The van der Waals surface area contributed by atoms with E-state index in [9.17, 15) is 4.39 Å². The van der Waals surface area contributed by atoms with Gasteiger partial charge in [0.25, 0.3) is 0 Å². The van der Waals surface area contributed by atoms with Gasteiger partial charge in [0.15, 0.2) is 5.82 Å². The molecule has 0 amide bonds. The van der Waals surface area contributed by atoms with Gasteiger partial charge in [-0.1, -0.05) is 11.6 Å². The summed E-state index contributed by atoms with van der Waals surface area (Å²) in [6.07, 6.45) is 0. The van der Waals surface area contributed by atoms with Gasteiger partial charge < -0.3 is 5.32 Å². The maximum Gasteiger partial charge on any atom is 0.224 e. The summed E-state index contributed by atoms with van der Waals surface area (Å²) in [5.41, 5.74) is 0.662. The third-order valence-corrected chi connectivity index (χ3v) is 2.89. The Morgan fingerprint density at radius 1 is 1.33 bits per heavy atom. The van der Waals surface area contributed by atoms with Crippen molar-refractivity contribution in [3.05, 3.63) is 29.0 Å². The van der Waals surface area contributed by atoms with Crippen LogP contribution < -0.4 is 5.32 Å². The molecule has 0 fully saturated rings. The second kappa shape index (κ2) is 5.35. The minimum absolute atomic E-state index is 0.105. The minimum atomic E-state index is -0.454. The Morgan fingerprint density at radius 3 is 2.72 bits per heavy atom. The van der Waals surface area contributed by atoms with Crippen molar-refractivity contribution in [2.45, 2.75) is 20.4 Å². The molecule has 1 aromatic carbocycles. The van der Waals surface area contributed by atoms with Gasteiger partial charge in [0.2, 0.25) is 5.95 Å². The highest BCUT2D eigenvalue weighted by Gasteiger charge is 2.13. The zero-order valence-corrected chi connectivity index (χ0v) is 11.0. The highest BCUT2D eigenvalue weighted by molar-refractivity contribution is 6.30. The molecule has 4 nitrogen and oxygen atoms in total. The number of nitrogens with one attached hydrogen (secondary N) is 1. The fourth-order valence-corrected chi connectivity index (χ4v) is 1.86. The number of hydrogen-bond donors (Lipinski definition) is 1. The molecule has 0 atom stereocenters. The van der Waals surface area contributed by atoms with Gasteiger partial charge in [-0.2, -0.15) is 0 Å². The van der Waals surface area contributed by atoms with Gasteiger partial charge in [0.1, 0.15) is 5.82 Å². The largest absolute Gasteiger partial charge is 0.355 e. The first kappa shape index (κ1) is 12.8. The normalized spacial score (nSPS) is 10.7. The van der Waals surface area contributed by atoms with E-state index in [1.54, 1.807) is 6.07 Å². The van der Waals surface area contributed by atoms with Gasteiger partial charge in [-0.25, -0.2) is 4.39 Å². The van der Waals surface area contributed by atoms with Crippen molar-refractivity contribution >= 4 is 17.5 Å². The molecule has 0 aliphatic rings. The lowest BCUT2D eigenvalue weighted by Crippen LogP contribution is -2.06. The molecule has 0 saturated heterocycles. The Hall–Kier alpha value is -1.62. The Bertz CT molecular complexity index is 553. The molecule has 18 heavy (non-hydrogen) atoms. The first-order chi connectivity index (χ1) is 8.67. The average molecular weight is 269 g/mol. The number of nitrogens with zero attached hydrogens (tertiary/aromatic N) is 3. The quantitative estimate of drug-likeness (QED) is 0.926. The van der Waals surface area contributed by atoms with Gasteiger partial charge in [0.05, 0.1) is 5.02 Å². The number of benzene rings is 1. The van der Waals surface area contributed by atoms with Crippen molar-refractivity contribution in [2.24, 2.45) is 0 Å². The van der Waals surface area contributed by atoms with Gasteiger partial charge in [-0.3, -0.25) is 4.57 Å². The zero-order valence-electron chi connectivity index (χ0n) is 10.2. The molecule has 0 bridgehead atoms. The molecule has 6 heteroatoms. The summed E-state index contributed by atoms with van der Waals surface area (Å²) < 4.78 is 15.3. The molecule has 1 aromatic heterocycles. The van der Waals surface area contributed by atoms with E-state index < -0.39 is 5.82 Å². The van der Waals surface area contributed by atoms with Crippen LogP contribution in [-0.2, 0) is 6.54 Å². The van der Waals surface area contributed by atoms with Crippen molar-refractivity contribution in [3.63, 3.8) is 0 Å². The molecular weight excluding hydrogens is 255 g/mol. The van der Waals surface area contributed by atoms with E-state index in [-0.39, 0.29) is 5.02 Å². The monoisotopic (exact) mass is 268 g/mol. The zero-order chi connectivity index (χ0) is 13.1. The van der Waals surface area contributed by atoms with Crippen LogP contribution in [0.4, 0.5) is 10.3 Å². The lowest BCUT2D eigenvalue weighted by Gasteiger charge is -2.08. The topological polar surface area (TPSA) is 42.7 Å². The summed E-state index contributed by atoms with van der Waals surface area (Å²) in [6.45, 7) is 5.43. The smallest absolute Gasteiger partial charge is 0.224 e. The fraction of sp³-hybridized carbons (Fsp3) is 0.333. The third-order valence-electron chi connectivity index (χ3n) is 2.58. The van der Waals surface area contributed by atoms with Crippen molar-refractivity contribution in [3.8, 4) is 11.4 Å². The predicted molar refractivity (Wildman–Crippen MR) is 70.3 cm³/mol. The van der Waals surface area contributed by atoms with E-state index in [0.717, 1.165) is 6.54 Å². The predicted octanol–water partition coefficient (Wildman–Crippen LogP) is 3.19. The molecule has 0 radical (unpaired) electrons. The molecule has 96 valence electrons. The van der Waals surface area contributed by atoms with Gasteiger partial charge in [-0.05, 0) is 32.0 Å². The van der Waals surface area contributed by atoms with Gasteiger partial charge in [0, 0.05) is 18.7 Å². The van der Waals surface area contributed by atoms with E-state index in [1.165, 1.54) is 12.1 Å². The van der Waals surface area contributed by atoms with E-state index in [1.807, 2.05) is 18.4 Å². The van der Waals surface area contributed by atoms with Crippen LogP contribution in [0.5, 0.6) is 0 Å². The van der Waals surface area contributed by atoms with E-state index in [4.69, 9.17) is 11.6 Å². The lowest BCUT2D eigenvalue weighted by atomic mass is 10.2. The highest BCUT2D eigenvalue weighted by atomic mass is 35.5. The van der Waals surface area contributed by atoms with Crippen LogP contribution in [0.1, 0.15) is 13.8 Å². The van der Waals surface area contributed by atoms with Crippen LogP contribution in [0.3, 0.4) is 0 Å². The molecular formula is C12H14ClFN4. The summed E-state index contributed by atoms with van der Waals surface area (Å²) in [4.78, 5) is 0. The SMILES string of the molecule is CCNc1nnc(-c2ccc(Cl)c(F)c2)n1CC. The summed E-state index contributed by atoms with van der Waals surface area (Å²) in [5, 5.41) is 11.4. The van der Waals surface area contributed by atoms with Crippen LogP contribution in [0.2, 0.25) is 5.02 Å². The van der Waals surface area contributed by atoms with E-state index in [2.05, 4.69) is 15.5 Å². The number of halogens is 2. The summed E-state index contributed by atoms with van der Waals surface area (Å²) >= 11 is 5.67. The summed E-state index contributed by atoms with van der Waals surface area (Å²) in [7, 11) is 0. The number of rotatable bonds is 4. The highest BCUT2D eigenvalue weighted by Crippen LogP contribution is 2.24. The third kappa shape index (κ3) is 2.31.